The largest absolute Gasteiger partial charge is 0.420 e. The van der Waals surface area contributed by atoms with E-state index in [0.717, 1.165) is 64.6 Å². The maximum atomic E-state index is 13.7. The Bertz CT molecular complexity index is 865. The number of fused-ring (bicyclic) bond motifs is 1. The molecule has 1 aliphatic carbocycles. The van der Waals surface area contributed by atoms with Crippen LogP contribution in [0.4, 0.5) is 4.39 Å². The van der Waals surface area contributed by atoms with Gasteiger partial charge in [-0.15, -0.1) is 12.4 Å². The molecular formula is C22H32ClFN2O3. The molecule has 0 unspecified atom stereocenters. The van der Waals surface area contributed by atoms with E-state index in [0.29, 0.717) is 17.2 Å². The molecule has 2 aliphatic rings. The third-order valence-electron chi connectivity index (χ3n) is 6.74. The fourth-order valence-electron chi connectivity index (χ4n) is 5.00. The number of nitrogens with zero attached hydrogens (tertiary/aromatic N) is 2. The van der Waals surface area contributed by atoms with Crippen molar-refractivity contribution in [3.63, 3.8) is 0 Å². The Kier molecular flexibility index (Phi) is 7.07. The van der Waals surface area contributed by atoms with Crippen LogP contribution < -0.4 is 5.76 Å². The van der Waals surface area contributed by atoms with E-state index in [1.165, 1.54) is 18.2 Å². The van der Waals surface area contributed by atoms with E-state index < -0.39 is 0 Å². The zero-order chi connectivity index (χ0) is 19.7. The van der Waals surface area contributed by atoms with Crippen molar-refractivity contribution < 1.29 is 13.5 Å². The van der Waals surface area contributed by atoms with Gasteiger partial charge >= 0.3 is 5.76 Å². The van der Waals surface area contributed by atoms with Crippen LogP contribution in [0.2, 0.25) is 0 Å². The smallest absolute Gasteiger partial charge is 0.408 e. The van der Waals surface area contributed by atoms with E-state index in [9.17, 15) is 9.18 Å². The first-order valence-corrected chi connectivity index (χ1v) is 10.7. The molecule has 0 N–H and O–H groups in total. The highest BCUT2D eigenvalue weighted by molar-refractivity contribution is 5.85. The number of rotatable bonds is 5. The highest BCUT2D eigenvalue weighted by Crippen LogP contribution is 2.38. The lowest BCUT2D eigenvalue weighted by Crippen LogP contribution is -2.53. The number of ether oxygens (including phenoxy) is 1. The molecule has 0 spiro atoms. The Morgan fingerprint density at radius 1 is 1.21 bits per heavy atom. The van der Waals surface area contributed by atoms with Crippen LogP contribution in [0, 0.1) is 5.82 Å². The SMILES string of the molecule is CCCOC1CCC(C)(N2CCC(n3c(=O)oc4ccc(F)cc43)CC2)CC1.Cl. The number of oxazole rings is 1. The van der Waals surface area contributed by atoms with Gasteiger partial charge in [-0.25, -0.2) is 9.18 Å². The molecule has 1 saturated heterocycles. The third-order valence-corrected chi connectivity index (χ3v) is 6.74. The second-order valence-electron chi connectivity index (χ2n) is 8.64. The summed E-state index contributed by atoms with van der Waals surface area (Å²) in [5.41, 5.74) is 1.25. The average molecular weight is 427 g/mol. The highest BCUT2D eigenvalue weighted by Gasteiger charge is 2.38. The van der Waals surface area contributed by atoms with Crippen molar-refractivity contribution in [2.45, 2.75) is 76.5 Å². The van der Waals surface area contributed by atoms with Crippen LogP contribution in [0.3, 0.4) is 0 Å². The van der Waals surface area contributed by atoms with Crippen LogP contribution in [-0.4, -0.2) is 40.8 Å². The van der Waals surface area contributed by atoms with E-state index >= 15 is 0 Å². The molecule has 29 heavy (non-hydrogen) atoms. The normalized spacial score (nSPS) is 26.5. The summed E-state index contributed by atoms with van der Waals surface area (Å²) >= 11 is 0. The van der Waals surface area contributed by atoms with Gasteiger partial charge in [-0.2, -0.15) is 0 Å². The summed E-state index contributed by atoms with van der Waals surface area (Å²) in [6, 6.07) is 4.35. The first-order chi connectivity index (χ1) is 13.5. The lowest BCUT2D eigenvalue weighted by molar-refractivity contribution is -0.0306. The second-order valence-corrected chi connectivity index (χ2v) is 8.64. The minimum Gasteiger partial charge on any atom is -0.408 e. The number of hydrogen-bond donors (Lipinski definition) is 0. The van der Waals surface area contributed by atoms with Crippen molar-refractivity contribution in [2.24, 2.45) is 0 Å². The lowest BCUT2D eigenvalue weighted by Gasteiger charge is -2.48. The summed E-state index contributed by atoms with van der Waals surface area (Å²) in [6.45, 7) is 7.30. The van der Waals surface area contributed by atoms with Gasteiger partial charge in [-0.05, 0) is 64.0 Å². The third kappa shape index (κ3) is 4.54. The second kappa shape index (κ2) is 9.19. The summed E-state index contributed by atoms with van der Waals surface area (Å²) < 4.78 is 26.6. The first-order valence-electron chi connectivity index (χ1n) is 10.7. The Morgan fingerprint density at radius 3 is 2.55 bits per heavy atom. The van der Waals surface area contributed by atoms with E-state index in [4.69, 9.17) is 9.15 Å². The lowest BCUT2D eigenvalue weighted by atomic mass is 9.79. The maximum absolute atomic E-state index is 13.7. The van der Waals surface area contributed by atoms with Gasteiger partial charge < -0.3 is 9.15 Å². The quantitative estimate of drug-likeness (QED) is 0.680. The molecule has 1 aromatic carbocycles. The van der Waals surface area contributed by atoms with E-state index in [2.05, 4.69) is 18.7 Å². The van der Waals surface area contributed by atoms with Crippen LogP contribution >= 0.6 is 12.4 Å². The molecule has 0 amide bonds. The van der Waals surface area contributed by atoms with E-state index in [1.807, 2.05) is 0 Å². The molecule has 7 heteroatoms. The Morgan fingerprint density at radius 2 is 1.90 bits per heavy atom. The van der Waals surface area contributed by atoms with Crippen molar-refractivity contribution in [3.05, 3.63) is 34.6 Å². The topological polar surface area (TPSA) is 47.6 Å². The van der Waals surface area contributed by atoms with Gasteiger partial charge in [0.25, 0.3) is 0 Å². The van der Waals surface area contributed by atoms with Gasteiger partial charge in [-0.3, -0.25) is 9.47 Å². The number of halogens is 2. The van der Waals surface area contributed by atoms with Crippen molar-refractivity contribution in [1.29, 1.82) is 0 Å². The zero-order valence-electron chi connectivity index (χ0n) is 17.4. The van der Waals surface area contributed by atoms with Crippen LogP contribution in [0.1, 0.15) is 64.8 Å². The van der Waals surface area contributed by atoms with Crippen LogP contribution in [0.15, 0.2) is 27.4 Å². The molecule has 2 aromatic rings. The Balaban J connectivity index is 0.00000240. The summed E-state index contributed by atoms with van der Waals surface area (Å²) in [4.78, 5) is 15.0. The van der Waals surface area contributed by atoms with Crippen molar-refractivity contribution in [3.8, 4) is 0 Å². The number of likely N-dealkylation sites (tertiary alicyclic amines) is 1. The highest BCUT2D eigenvalue weighted by atomic mass is 35.5. The molecular weight excluding hydrogens is 395 g/mol. The predicted molar refractivity (Wildman–Crippen MR) is 114 cm³/mol. The molecule has 5 nitrogen and oxygen atoms in total. The van der Waals surface area contributed by atoms with Gasteiger partial charge in [0.05, 0.1) is 11.6 Å². The van der Waals surface area contributed by atoms with Gasteiger partial charge in [0.15, 0.2) is 5.58 Å². The molecule has 2 fully saturated rings. The van der Waals surface area contributed by atoms with Gasteiger partial charge in [-0.1, -0.05) is 6.92 Å². The van der Waals surface area contributed by atoms with E-state index in [1.54, 1.807) is 4.57 Å². The standard InChI is InChI=1S/C22H31FN2O3.ClH/c1-3-14-27-18-6-10-22(2,11-7-18)24-12-8-17(9-13-24)25-19-15-16(23)4-5-20(19)28-21(25)26;/h4-5,15,17-18H,3,6-14H2,1-2H3;1H. The molecule has 162 valence electrons. The van der Waals surface area contributed by atoms with E-state index in [-0.39, 0.29) is 35.6 Å². The number of aromatic nitrogens is 1. The molecule has 0 radical (unpaired) electrons. The van der Waals surface area contributed by atoms with Crippen molar-refractivity contribution in [1.82, 2.24) is 9.47 Å². The first kappa shape index (κ1) is 22.3. The Hall–Kier alpha value is -1.37. The summed E-state index contributed by atoms with van der Waals surface area (Å²) in [5.74, 6) is -0.715. The van der Waals surface area contributed by atoms with Gasteiger partial charge in [0, 0.05) is 37.3 Å². The minimum atomic E-state index is -0.376. The molecule has 4 rings (SSSR count). The van der Waals surface area contributed by atoms with Gasteiger partial charge in [0.1, 0.15) is 5.82 Å². The molecule has 1 saturated carbocycles. The molecule has 2 heterocycles. The maximum Gasteiger partial charge on any atom is 0.420 e. The number of hydrogen-bond acceptors (Lipinski definition) is 4. The number of benzene rings is 1. The number of piperidine rings is 1. The van der Waals surface area contributed by atoms with Crippen LogP contribution in [0.25, 0.3) is 11.1 Å². The summed E-state index contributed by atoms with van der Waals surface area (Å²) in [6.07, 6.45) is 7.83. The molecule has 0 atom stereocenters. The molecule has 0 bridgehead atoms. The fourth-order valence-corrected chi connectivity index (χ4v) is 5.00. The summed E-state index contributed by atoms with van der Waals surface area (Å²) in [5, 5.41) is 0. The molecule has 1 aliphatic heterocycles. The predicted octanol–water partition coefficient (Wildman–Crippen LogP) is 4.92. The Labute approximate surface area is 177 Å². The zero-order valence-corrected chi connectivity index (χ0v) is 18.2. The monoisotopic (exact) mass is 426 g/mol. The van der Waals surface area contributed by atoms with Crippen molar-refractivity contribution >= 4 is 23.5 Å². The average Bonchev–Trinajstić information content (AvgIpc) is 3.02. The molecule has 1 aromatic heterocycles. The summed E-state index contributed by atoms with van der Waals surface area (Å²) in [7, 11) is 0. The fraction of sp³-hybridized carbons (Fsp3) is 0.682. The van der Waals surface area contributed by atoms with Gasteiger partial charge in [0.2, 0.25) is 0 Å². The minimum absolute atomic E-state index is 0. The van der Waals surface area contributed by atoms with Crippen LogP contribution in [0.5, 0.6) is 0 Å². The van der Waals surface area contributed by atoms with Crippen molar-refractivity contribution in [2.75, 3.05) is 19.7 Å². The van der Waals surface area contributed by atoms with Crippen LogP contribution in [-0.2, 0) is 4.74 Å².